The van der Waals surface area contributed by atoms with Crippen molar-refractivity contribution in [1.29, 1.82) is 0 Å². The minimum absolute atomic E-state index is 0.0408. The van der Waals surface area contributed by atoms with E-state index in [-0.39, 0.29) is 10.7 Å². The Balaban J connectivity index is 2.69. The van der Waals surface area contributed by atoms with Crippen molar-refractivity contribution < 1.29 is 4.79 Å². The molecule has 0 atom stereocenters. The lowest BCUT2D eigenvalue weighted by Crippen LogP contribution is -2.39. The molecule has 0 unspecified atom stereocenters. The highest BCUT2D eigenvalue weighted by Gasteiger charge is 2.25. The number of thioether (sulfide) groups is 1. The van der Waals surface area contributed by atoms with Crippen LogP contribution in [0.4, 0.5) is 0 Å². The molecule has 100 valence electrons. The normalized spacial score (nSPS) is 11.3. The number of thiol groups is 1. The van der Waals surface area contributed by atoms with E-state index in [1.54, 1.807) is 6.07 Å². The summed E-state index contributed by atoms with van der Waals surface area (Å²) in [5.74, 6) is -0.0408. The van der Waals surface area contributed by atoms with Gasteiger partial charge in [-0.3, -0.25) is 4.79 Å². The number of hydrogen-bond acceptors (Lipinski definition) is 3. The first-order valence-corrected chi connectivity index (χ1v) is 7.87. The SMILES string of the molecule is CCC(CC)(CNC(=O)c1ccccc1S)SC. The van der Waals surface area contributed by atoms with Crippen molar-refractivity contribution in [3.05, 3.63) is 29.8 Å². The second-order valence-electron chi connectivity index (χ2n) is 4.29. The number of nitrogens with one attached hydrogen (secondary N) is 1. The van der Waals surface area contributed by atoms with Gasteiger partial charge in [-0.2, -0.15) is 11.8 Å². The van der Waals surface area contributed by atoms with E-state index in [4.69, 9.17) is 0 Å². The van der Waals surface area contributed by atoms with E-state index in [0.717, 1.165) is 17.7 Å². The van der Waals surface area contributed by atoms with Crippen LogP contribution in [0.15, 0.2) is 29.2 Å². The standard InChI is InChI=1S/C14H21NOS2/c1-4-14(5-2,18-3)10-15-13(16)11-8-6-7-9-12(11)17/h6-9,17H,4-5,10H2,1-3H3,(H,15,16). The Kier molecular flexibility index (Phi) is 6.09. The highest BCUT2D eigenvalue weighted by molar-refractivity contribution is 8.00. The van der Waals surface area contributed by atoms with Crippen LogP contribution >= 0.6 is 24.4 Å². The van der Waals surface area contributed by atoms with Crippen molar-refractivity contribution in [2.45, 2.75) is 36.3 Å². The Hall–Kier alpha value is -0.610. The molecule has 1 N–H and O–H groups in total. The van der Waals surface area contributed by atoms with Crippen molar-refractivity contribution >= 4 is 30.3 Å². The van der Waals surface area contributed by atoms with Gasteiger partial charge in [0.15, 0.2) is 0 Å². The van der Waals surface area contributed by atoms with Crippen LogP contribution < -0.4 is 5.32 Å². The molecule has 0 fully saturated rings. The van der Waals surface area contributed by atoms with Gasteiger partial charge in [0.05, 0.1) is 5.56 Å². The third-order valence-corrected chi connectivity index (χ3v) is 5.42. The Morgan fingerprint density at radius 2 is 1.94 bits per heavy atom. The number of benzene rings is 1. The summed E-state index contributed by atoms with van der Waals surface area (Å²) in [6, 6.07) is 7.37. The zero-order valence-corrected chi connectivity index (χ0v) is 12.9. The minimum Gasteiger partial charge on any atom is -0.351 e. The van der Waals surface area contributed by atoms with Crippen LogP contribution in [0, 0.1) is 0 Å². The van der Waals surface area contributed by atoms with Gasteiger partial charge in [-0.1, -0.05) is 26.0 Å². The van der Waals surface area contributed by atoms with Crippen molar-refractivity contribution in [2.75, 3.05) is 12.8 Å². The van der Waals surface area contributed by atoms with Crippen LogP contribution in [-0.4, -0.2) is 23.5 Å². The number of carbonyl (C=O) groups excluding carboxylic acids is 1. The Bertz CT molecular complexity index is 394. The molecular weight excluding hydrogens is 262 g/mol. The molecule has 1 aromatic rings. The van der Waals surface area contributed by atoms with Crippen LogP contribution in [-0.2, 0) is 0 Å². The Morgan fingerprint density at radius 1 is 1.33 bits per heavy atom. The molecule has 1 rings (SSSR count). The molecule has 0 spiro atoms. The molecule has 0 radical (unpaired) electrons. The summed E-state index contributed by atoms with van der Waals surface area (Å²) in [5, 5.41) is 3.02. The Morgan fingerprint density at radius 3 is 2.44 bits per heavy atom. The van der Waals surface area contributed by atoms with Gasteiger partial charge in [0, 0.05) is 16.2 Å². The quantitative estimate of drug-likeness (QED) is 0.781. The first kappa shape index (κ1) is 15.4. The van der Waals surface area contributed by atoms with E-state index >= 15 is 0 Å². The van der Waals surface area contributed by atoms with E-state index < -0.39 is 0 Å². The fourth-order valence-corrected chi connectivity index (χ4v) is 2.92. The topological polar surface area (TPSA) is 29.1 Å². The maximum atomic E-state index is 12.1. The molecule has 0 aliphatic rings. The summed E-state index contributed by atoms with van der Waals surface area (Å²) < 4.78 is 0.140. The summed E-state index contributed by atoms with van der Waals surface area (Å²) >= 11 is 6.13. The first-order chi connectivity index (χ1) is 8.58. The molecule has 18 heavy (non-hydrogen) atoms. The lowest BCUT2D eigenvalue weighted by Gasteiger charge is -2.29. The average molecular weight is 283 g/mol. The fraction of sp³-hybridized carbons (Fsp3) is 0.500. The second-order valence-corrected chi connectivity index (χ2v) is 6.05. The first-order valence-electron chi connectivity index (χ1n) is 6.20. The van der Waals surface area contributed by atoms with E-state index in [0.29, 0.717) is 12.1 Å². The number of carbonyl (C=O) groups is 1. The van der Waals surface area contributed by atoms with Gasteiger partial charge in [0.1, 0.15) is 0 Å². The van der Waals surface area contributed by atoms with Crippen LogP contribution in [0.3, 0.4) is 0 Å². The molecule has 0 aliphatic heterocycles. The predicted octanol–water partition coefficient (Wildman–Crippen LogP) is 3.63. The van der Waals surface area contributed by atoms with Gasteiger partial charge in [-0.25, -0.2) is 0 Å². The maximum absolute atomic E-state index is 12.1. The maximum Gasteiger partial charge on any atom is 0.252 e. The second kappa shape index (κ2) is 7.10. The molecule has 0 saturated carbocycles. The number of rotatable bonds is 6. The molecule has 1 amide bonds. The summed E-state index contributed by atoms with van der Waals surface area (Å²) in [6.45, 7) is 5.03. The highest BCUT2D eigenvalue weighted by atomic mass is 32.2. The molecule has 1 aromatic carbocycles. The zero-order chi connectivity index (χ0) is 13.6. The largest absolute Gasteiger partial charge is 0.351 e. The van der Waals surface area contributed by atoms with Gasteiger partial charge in [-0.15, -0.1) is 12.6 Å². The highest BCUT2D eigenvalue weighted by Crippen LogP contribution is 2.29. The van der Waals surface area contributed by atoms with E-state index in [2.05, 4.69) is 38.0 Å². The molecule has 4 heteroatoms. The molecule has 0 heterocycles. The van der Waals surface area contributed by atoms with Gasteiger partial charge in [0.25, 0.3) is 5.91 Å². The van der Waals surface area contributed by atoms with Crippen LogP contribution in [0.5, 0.6) is 0 Å². The van der Waals surface area contributed by atoms with Gasteiger partial charge in [-0.05, 0) is 31.2 Å². The molecule has 0 aromatic heterocycles. The summed E-state index contributed by atoms with van der Waals surface area (Å²) in [5.41, 5.74) is 0.642. The van der Waals surface area contributed by atoms with Crippen molar-refractivity contribution in [3.8, 4) is 0 Å². The predicted molar refractivity (Wildman–Crippen MR) is 82.9 cm³/mol. The Labute approximate surface area is 119 Å². The van der Waals surface area contributed by atoms with Gasteiger partial charge >= 0.3 is 0 Å². The number of hydrogen-bond donors (Lipinski definition) is 2. The number of amides is 1. The molecule has 0 saturated heterocycles. The van der Waals surface area contributed by atoms with E-state index in [1.807, 2.05) is 30.0 Å². The average Bonchev–Trinajstić information content (AvgIpc) is 2.41. The smallest absolute Gasteiger partial charge is 0.252 e. The molecular formula is C14H21NOS2. The lowest BCUT2D eigenvalue weighted by molar-refractivity contribution is 0.0946. The molecule has 2 nitrogen and oxygen atoms in total. The van der Waals surface area contributed by atoms with Crippen LogP contribution in [0.1, 0.15) is 37.0 Å². The summed E-state index contributed by atoms with van der Waals surface area (Å²) in [7, 11) is 0. The van der Waals surface area contributed by atoms with Crippen molar-refractivity contribution in [2.24, 2.45) is 0 Å². The third-order valence-electron chi connectivity index (χ3n) is 3.44. The van der Waals surface area contributed by atoms with Crippen LogP contribution in [0.25, 0.3) is 0 Å². The third kappa shape index (κ3) is 3.69. The van der Waals surface area contributed by atoms with Crippen molar-refractivity contribution in [3.63, 3.8) is 0 Å². The molecule has 0 aliphatic carbocycles. The fourth-order valence-electron chi connectivity index (χ4n) is 1.86. The van der Waals surface area contributed by atoms with Gasteiger partial charge < -0.3 is 5.32 Å². The summed E-state index contributed by atoms with van der Waals surface area (Å²) in [6.07, 6.45) is 4.20. The lowest BCUT2D eigenvalue weighted by atomic mass is 10.0. The van der Waals surface area contributed by atoms with E-state index in [9.17, 15) is 4.79 Å². The van der Waals surface area contributed by atoms with Crippen molar-refractivity contribution in [1.82, 2.24) is 5.32 Å². The van der Waals surface area contributed by atoms with Gasteiger partial charge in [0.2, 0.25) is 0 Å². The summed E-state index contributed by atoms with van der Waals surface area (Å²) in [4.78, 5) is 12.8. The minimum atomic E-state index is -0.0408. The van der Waals surface area contributed by atoms with E-state index in [1.165, 1.54) is 0 Å². The zero-order valence-electron chi connectivity index (χ0n) is 11.2. The monoisotopic (exact) mass is 283 g/mol. The van der Waals surface area contributed by atoms with Crippen LogP contribution in [0.2, 0.25) is 0 Å². The molecule has 0 bridgehead atoms.